The molecular formula is C26H26F3NO5S. The molecule has 0 saturated carbocycles. The maximum absolute atomic E-state index is 13.4. The molecular weight excluding hydrogens is 495 g/mol. The molecule has 1 aliphatic heterocycles. The highest BCUT2D eigenvalue weighted by Crippen LogP contribution is 2.35. The Hall–Kier alpha value is -3.11. The molecule has 0 spiro atoms. The fourth-order valence-electron chi connectivity index (χ4n) is 4.22. The van der Waals surface area contributed by atoms with Crippen LogP contribution in [-0.2, 0) is 10.1 Å². The van der Waals surface area contributed by atoms with Crippen LogP contribution < -0.4 is 8.92 Å². The van der Waals surface area contributed by atoms with Crippen LogP contribution in [0.15, 0.2) is 54.6 Å². The van der Waals surface area contributed by atoms with E-state index in [-0.39, 0.29) is 16.5 Å². The number of carbonyl (C=O) groups is 1. The Balaban J connectivity index is 1.60. The first-order valence-electron chi connectivity index (χ1n) is 11.6. The molecule has 4 rings (SSSR count). The minimum absolute atomic E-state index is 0.153. The van der Waals surface area contributed by atoms with E-state index >= 15 is 0 Å². The second kappa shape index (κ2) is 10.5. The van der Waals surface area contributed by atoms with Gasteiger partial charge in [-0.05, 0) is 74.0 Å². The van der Waals surface area contributed by atoms with Gasteiger partial charge in [0.2, 0.25) is 0 Å². The third-order valence-corrected chi connectivity index (χ3v) is 7.05. The van der Waals surface area contributed by atoms with Crippen molar-refractivity contribution >= 4 is 26.7 Å². The van der Waals surface area contributed by atoms with Crippen molar-refractivity contribution in [2.75, 3.05) is 26.2 Å². The predicted octanol–water partition coefficient (Wildman–Crippen LogP) is 5.47. The van der Waals surface area contributed by atoms with E-state index in [9.17, 15) is 26.4 Å². The highest BCUT2D eigenvalue weighted by Gasteiger charge is 2.49. The van der Waals surface area contributed by atoms with Crippen molar-refractivity contribution in [3.63, 3.8) is 0 Å². The molecule has 0 atom stereocenters. The van der Waals surface area contributed by atoms with Gasteiger partial charge in [0.1, 0.15) is 12.4 Å². The van der Waals surface area contributed by atoms with Gasteiger partial charge in [-0.15, -0.1) is 0 Å². The maximum atomic E-state index is 13.4. The lowest BCUT2D eigenvalue weighted by molar-refractivity contribution is -0.0500. The van der Waals surface area contributed by atoms with Crippen molar-refractivity contribution in [3.8, 4) is 11.5 Å². The average molecular weight is 522 g/mol. The summed E-state index contributed by atoms with van der Waals surface area (Å²) in [6, 6.07) is 13.7. The van der Waals surface area contributed by atoms with Crippen LogP contribution in [-0.4, -0.2) is 50.9 Å². The second-order valence-electron chi connectivity index (χ2n) is 8.75. The third-order valence-electron chi connectivity index (χ3n) is 6.09. The monoisotopic (exact) mass is 521 g/mol. The van der Waals surface area contributed by atoms with Crippen LogP contribution in [0.2, 0.25) is 0 Å². The summed E-state index contributed by atoms with van der Waals surface area (Å²) in [5.74, 6) is -0.805. The van der Waals surface area contributed by atoms with Gasteiger partial charge in [0, 0.05) is 12.1 Å². The van der Waals surface area contributed by atoms with Gasteiger partial charge in [-0.1, -0.05) is 36.2 Å². The fourth-order valence-corrected chi connectivity index (χ4v) is 4.69. The van der Waals surface area contributed by atoms with Gasteiger partial charge in [0.15, 0.2) is 11.5 Å². The number of benzene rings is 3. The second-order valence-corrected chi connectivity index (χ2v) is 10.3. The van der Waals surface area contributed by atoms with Crippen molar-refractivity contribution in [2.45, 2.75) is 31.7 Å². The summed E-state index contributed by atoms with van der Waals surface area (Å²) >= 11 is 0. The van der Waals surface area contributed by atoms with E-state index in [0.717, 1.165) is 31.3 Å². The first kappa shape index (κ1) is 26.0. The molecule has 1 heterocycles. The number of carbonyl (C=O) groups excluding carboxylic acids is 1. The van der Waals surface area contributed by atoms with Gasteiger partial charge in [-0.25, -0.2) is 0 Å². The Morgan fingerprint density at radius 3 is 2.33 bits per heavy atom. The number of piperidine rings is 1. The molecule has 1 aliphatic rings. The van der Waals surface area contributed by atoms with Crippen LogP contribution in [0.5, 0.6) is 11.5 Å². The largest absolute Gasteiger partial charge is 0.534 e. The molecule has 0 unspecified atom stereocenters. The number of halogens is 3. The molecule has 10 heteroatoms. The standard InChI is InChI=1S/C26H26F3NO5S/c1-18-5-11-22-20(17-18)8-12-23(35-36(32,33)26(27,28)29)24(22)25(31)19-6-9-21(10-7-19)34-16-15-30-13-3-2-4-14-30/h5-12,17H,2-4,13-16H2,1H3. The smallest absolute Gasteiger partial charge is 0.492 e. The van der Waals surface area contributed by atoms with Crippen LogP contribution in [0, 0.1) is 6.92 Å². The number of alkyl halides is 3. The molecule has 0 aromatic heterocycles. The van der Waals surface area contributed by atoms with Crippen LogP contribution in [0.25, 0.3) is 10.8 Å². The lowest BCUT2D eigenvalue weighted by Gasteiger charge is -2.26. The van der Waals surface area contributed by atoms with Gasteiger partial charge in [-0.3, -0.25) is 9.69 Å². The lowest BCUT2D eigenvalue weighted by atomic mass is 9.95. The molecule has 3 aromatic rings. The summed E-state index contributed by atoms with van der Waals surface area (Å²) in [6.07, 6.45) is 3.61. The number of aryl methyl sites for hydroxylation is 1. The van der Waals surface area contributed by atoms with E-state index in [2.05, 4.69) is 9.08 Å². The number of hydrogen-bond acceptors (Lipinski definition) is 6. The SMILES string of the molecule is Cc1ccc2c(C(=O)c3ccc(OCCN4CCCCC4)cc3)c(OS(=O)(=O)C(F)(F)F)ccc2c1. The zero-order valence-corrected chi connectivity index (χ0v) is 20.5. The number of likely N-dealkylation sites (tertiary alicyclic amines) is 1. The minimum Gasteiger partial charge on any atom is -0.492 e. The van der Waals surface area contributed by atoms with Crippen molar-refractivity contribution in [1.82, 2.24) is 4.90 Å². The molecule has 36 heavy (non-hydrogen) atoms. The van der Waals surface area contributed by atoms with Gasteiger partial charge in [0.25, 0.3) is 0 Å². The number of rotatable bonds is 8. The molecule has 3 aromatic carbocycles. The molecule has 0 amide bonds. The van der Waals surface area contributed by atoms with E-state index in [1.165, 1.54) is 37.5 Å². The number of fused-ring (bicyclic) bond motifs is 1. The summed E-state index contributed by atoms with van der Waals surface area (Å²) in [4.78, 5) is 15.8. The van der Waals surface area contributed by atoms with E-state index in [1.807, 2.05) is 6.92 Å². The third kappa shape index (κ3) is 5.82. The molecule has 192 valence electrons. The number of ketones is 1. The Bertz CT molecular complexity index is 1350. The Labute approximate surface area is 207 Å². The summed E-state index contributed by atoms with van der Waals surface area (Å²) in [5, 5.41) is 0.843. The highest BCUT2D eigenvalue weighted by molar-refractivity contribution is 7.88. The van der Waals surface area contributed by atoms with Crippen LogP contribution in [0.1, 0.15) is 40.7 Å². The first-order chi connectivity index (χ1) is 17.0. The van der Waals surface area contributed by atoms with E-state index in [0.29, 0.717) is 17.7 Å². The van der Waals surface area contributed by atoms with Crippen LogP contribution >= 0.6 is 0 Å². The number of ether oxygens (including phenoxy) is 1. The molecule has 0 bridgehead atoms. The quantitative estimate of drug-likeness (QED) is 0.222. The van der Waals surface area contributed by atoms with Gasteiger partial charge >= 0.3 is 15.6 Å². The topological polar surface area (TPSA) is 72.9 Å². The molecule has 0 N–H and O–H groups in total. The lowest BCUT2D eigenvalue weighted by Crippen LogP contribution is -2.33. The highest BCUT2D eigenvalue weighted by atomic mass is 32.2. The van der Waals surface area contributed by atoms with Crippen molar-refractivity contribution < 1.29 is 35.3 Å². The van der Waals surface area contributed by atoms with Gasteiger partial charge in [-0.2, -0.15) is 21.6 Å². The van der Waals surface area contributed by atoms with Crippen molar-refractivity contribution in [1.29, 1.82) is 0 Å². The summed E-state index contributed by atoms with van der Waals surface area (Å²) in [6.45, 7) is 5.21. The van der Waals surface area contributed by atoms with E-state index in [1.54, 1.807) is 30.3 Å². The molecule has 6 nitrogen and oxygen atoms in total. The minimum atomic E-state index is -5.97. The fraction of sp³-hybridized carbons (Fsp3) is 0.346. The van der Waals surface area contributed by atoms with Crippen molar-refractivity contribution in [3.05, 3.63) is 71.3 Å². The average Bonchev–Trinajstić information content (AvgIpc) is 2.84. The van der Waals surface area contributed by atoms with E-state index < -0.39 is 27.2 Å². The summed E-state index contributed by atoms with van der Waals surface area (Å²) in [7, 11) is -5.97. The van der Waals surface area contributed by atoms with Gasteiger partial charge < -0.3 is 8.92 Å². The molecule has 0 radical (unpaired) electrons. The Morgan fingerprint density at radius 1 is 0.972 bits per heavy atom. The van der Waals surface area contributed by atoms with Crippen molar-refractivity contribution in [2.24, 2.45) is 0 Å². The molecule has 1 fully saturated rings. The Kier molecular flexibility index (Phi) is 7.56. The zero-order chi connectivity index (χ0) is 25.9. The number of hydrogen-bond donors (Lipinski definition) is 0. The normalized spacial score (nSPS) is 15.1. The Morgan fingerprint density at radius 2 is 1.67 bits per heavy atom. The number of nitrogens with zero attached hydrogens (tertiary/aromatic N) is 1. The van der Waals surface area contributed by atoms with Gasteiger partial charge in [0.05, 0.1) is 5.56 Å². The zero-order valence-electron chi connectivity index (χ0n) is 19.7. The van der Waals surface area contributed by atoms with Crippen LogP contribution in [0.4, 0.5) is 13.2 Å². The predicted molar refractivity (Wildman–Crippen MR) is 130 cm³/mol. The molecule has 1 saturated heterocycles. The summed E-state index contributed by atoms with van der Waals surface area (Å²) in [5.41, 5.74) is -4.88. The summed E-state index contributed by atoms with van der Waals surface area (Å²) < 4.78 is 72.6. The first-order valence-corrected chi connectivity index (χ1v) is 13.0. The maximum Gasteiger partial charge on any atom is 0.534 e. The van der Waals surface area contributed by atoms with Crippen LogP contribution in [0.3, 0.4) is 0 Å². The van der Waals surface area contributed by atoms with E-state index in [4.69, 9.17) is 4.74 Å². The molecule has 0 aliphatic carbocycles.